The summed E-state index contributed by atoms with van der Waals surface area (Å²) in [5.41, 5.74) is 7.65. The normalized spacial score (nSPS) is 10.7. The van der Waals surface area contributed by atoms with Crippen LogP contribution in [0.1, 0.15) is 131 Å². The molecule has 0 spiro atoms. The van der Waals surface area contributed by atoms with Gasteiger partial charge in [-0.15, -0.1) is 0 Å². The number of hydrazine groups is 2. The second-order valence-electron chi connectivity index (χ2n) is 11.3. The molecule has 0 fully saturated rings. The summed E-state index contributed by atoms with van der Waals surface area (Å²) in [4.78, 5) is 56.6. The molecule has 3 amide bonds. The maximum Gasteiger partial charge on any atom is 0.272 e. The maximum atomic E-state index is 11.7. The first-order valence-electron chi connectivity index (χ1n) is 16.5. The highest BCUT2D eigenvalue weighted by Gasteiger charge is 2.25. The van der Waals surface area contributed by atoms with Gasteiger partial charge in [0.1, 0.15) is 0 Å². The summed E-state index contributed by atoms with van der Waals surface area (Å²) in [5, 5.41) is 0. The number of hydrogen-bond donors (Lipinski definition) is 4. The first-order chi connectivity index (χ1) is 20.6. The molecular formula is C32H61N5O7. The Morgan fingerprint density at radius 2 is 1.05 bits per heavy atom. The fourth-order valence-electron chi connectivity index (χ4n) is 4.57. The third-order valence-electron chi connectivity index (χ3n) is 7.32. The number of quaternary nitrogens is 1. The van der Waals surface area contributed by atoms with Gasteiger partial charge in [-0.2, -0.15) is 0 Å². The van der Waals surface area contributed by atoms with Crippen LogP contribution in [0, 0.1) is 0 Å². The summed E-state index contributed by atoms with van der Waals surface area (Å²) in [6.45, 7) is 18.6. The minimum Gasteiger partial charge on any atom is -0.870 e. The van der Waals surface area contributed by atoms with E-state index in [1.807, 2.05) is 6.92 Å². The van der Waals surface area contributed by atoms with Crippen molar-refractivity contribution in [3.05, 3.63) is 20.4 Å². The number of nitrogens with zero attached hydrogens (tertiary/aromatic N) is 1. The molecule has 0 atom stereocenters. The molecule has 0 aliphatic carbocycles. The highest BCUT2D eigenvalue weighted by molar-refractivity contribution is 5.81. The van der Waals surface area contributed by atoms with Gasteiger partial charge in [-0.3, -0.25) is 45.7 Å². The molecule has 0 aromatic heterocycles. The van der Waals surface area contributed by atoms with E-state index < -0.39 is 10.9 Å². The van der Waals surface area contributed by atoms with E-state index in [2.05, 4.69) is 49.4 Å². The Kier molecular flexibility index (Phi) is 25.9. The van der Waals surface area contributed by atoms with E-state index in [-0.39, 0.29) is 47.5 Å². The zero-order valence-electron chi connectivity index (χ0n) is 28.3. The van der Waals surface area contributed by atoms with E-state index >= 15 is 0 Å². The standard InChI is InChI=1S/C16H24N4O6.C16H36N.H2O/c1-3-4-9-26-16-13(14(24)15(16)25)20-19-12(23)8-6-5-7-11(22)18-17-10(2)21;1-5-9-13-17(14-10-6-2,15-11-7-3)16-12-8-4;/h20H,3-9H2,1-2H3,(H,17,21)(H,18,22)(H,19,23);5-16H2,1-4H3;1H2/q;+1;/p-1. The SMILES string of the molecule is CCCCOc1c(NNC(=O)CCCCC(=O)NNC(C)=O)c(=O)c1=O.CCCC[N+](CCCC)(CCCC)CCCC.[OH-]. The van der Waals surface area contributed by atoms with Crippen LogP contribution in [0.3, 0.4) is 0 Å². The number of carbonyl (C=O) groups excluding carboxylic acids is 3. The van der Waals surface area contributed by atoms with E-state index in [9.17, 15) is 24.0 Å². The van der Waals surface area contributed by atoms with Gasteiger partial charge in [0, 0.05) is 19.8 Å². The number of ether oxygens (including phenoxy) is 1. The lowest BCUT2D eigenvalue weighted by Crippen LogP contribution is -2.50. The van der Waals surface area contributed by atoms with Crippen molar-refractivity contribution in [2.24, 2.45) is 0 Å². The van der Waals surface area contributed by atoms with Crippen LogP contribution in [0.5, 0.6) is 5.75 Å². The number of unbranched alkanes of at least 4 members (excludes halogenated alkanes) is 6. The Bertz CT molecular complexity index is 955. The Labute approximate surface area is 264 Å². The predicted octanol–water partition coefficient (Wildman–Crippen LogP) is 4.46. The van der Waals surface area contributed by atoms with Crippen LogP contribution in [0.4, 0.5) is 5.69 Å². The molecule has 1 rings (SSSR count). The number of amides is 3. The molecule has 0 saturated heterocycles. The molecule has 0 saturated carbocycles. The lowest BCUT2D eigenvalue weighted by Gasteiger charge is -2.39. The molecule has 0 aliphatic heterocycles. The van der Waals surface area contributed by atoms with Crippen molar-refractivity contribution in [3.63, 3.8) is 0 Å². The molecule has 256 valence electrons. The highest BCUT2D eigenvalue weighted by atomic mass is 16.5. The fourth-order valence-corrected chi connectivity index (χ4v) is 4.57. The van der Waals surface area contributed by atoms with Crippen molar-refractivity contribution < 1.29 is 29.1 Å². The first kappa shape index (κ1) is 43.1. The van der Waals surface area contributed by atoms with Crippen molar-refractivity contribution in [2.75, 3.05) is 38.2 Å². The van der Waals surface area contributed by atoms with Crippen LogP contribution in [0.25, 0.3) is 0 Å². The summed E-state index contributed by atoms with van der Waals surface area (Å²) < 4.78 is 6.65. The molecule has 0 heterocycles. The minimum atomic E-state index is -0.730. The van der Waals surface area contributed by atoms with Crippen LogP contribution in [0.15, 0.2) is 9.59 Å². The number of nitrogens with one attached hydrogen (secondary N) is 4. The van der Waals surface area contributed by atoms with E-state index in [0.29, 0.717) is 19.4 Å². The molecule has 12 nitrogen and oxygen atoms in total. The van der Waals surface area contributed by atoms with Crippen LogP contribution in [-0.4, -0.2) is 60.5 Å². The van der Waals surface area contributed by atoms with Gasteiger partial charge in [0.2, 0.25) is 17.7 Å². The summed E-state index contributed by atoms with van der Waals surface area (Å²) in [5.74, 6) is -1.17. The average Bonchev–Trinajstić information content (AvgIpc) is 3.00. The number of rotatable bonds is 23. The van der Waals surface area contributed by atoms with Crippen molar-refractivity contribution in [3.8, 4) is 5.75 Å². The molecule has 1 aromatic carbocycles. The van der Waals surface area contributed by atoms with Crippen LogP contribution in [-0.2, 0) is 14.4 Å². The molecule has 44 heavy (non-hydrogen) atoms. The maximum absolute atomic E-state index is 11.7. The molecule has 1 aromatic rings. The monoisotopic (exact) mass is 627 g/mol. The van der Waals surface area contributed by atoms with Gasteiger partial charge in [0.25, 0.3) is 10.9 Å². The van der Waals surface area contributed by atoms with Gasteiger partial charge in [0.05, 0.1) is 32.8 Å². The smallest absolute Gasteiger partial charge is 0.272 e. The van der Waals surface area contributed by atoms with Gasteiger partial charge < -0.3 is 14.7 Å². The van der Waals surface area contributed by atoms with Crippen LogP contribution < -0.4 is 37.3 Å². The molecule has 0 unspecified atom stereocenters. The van der Waals surface area contributed by atoms with Gasteiger partial charge in [-0.25, -0.2) is 0 Å². The third-order valence-corrected chi connectivity index (χ3v) is 7.32. The summed E-state index contributed by atoms with van der Waals surface area (Å²) in [6, 6.07) is 0. The summed E-state index contributed by atoms with van der Waals surface area (Å²) >= 11 is 0. The minimum absolute atomic E-state index is 0. The van der Waals surface area contributed by atoms with E-state index in [1.165, 1.54) is 89.0 Å². The Hall–Kier alpha value is -2.99. The Balaban J connectivity index is 0. The number of hydrogen-bond acceptors (Lipinski definition) is 8. The zero-order chi connectivity index (χ0) is 32.5. The van der Waals surface area contributed by atoms with Gasteiger partial charge in [-0.1, -0.05) is 66.7 Å². The van der Waals surface area contributed by atoms with Gasteiger partial charge in [-0.05, 0) is 44.9 Å². The number of carbonyl (C=O) groups is 3. The lowest BCUT2D eigenvalue weighted by molar-refractivity contribution is -0.929. The molecule has 0 bridgehead atoms. The summed E-state index contributed by atoms with van der Waals surface area (Å²) in [6.07, 6.45) is 13.9. The second-order valence-corrected chi connectivity index (χ2v) is 11.3. The molecule has 5 N–H and O–H groups in total. The van der Waals surface area contributed by atoms with Crippen LogP contribution >= 0.6 is 0 Å². The number of anilines is 1. The fraction of sp³-hybridized carbons (Fsp3) is 0.781. The van der Waals surface area contributed by atoms with Crippen LogP contribution in [0.2, 0.25) is 0 Å². The highest BCUT2D eigenvalue weighted by Crippen LogP contribution is 2.17. The zero-order valence-corrected chi connectivity index (χ0v) is 28.3. The molecule has 0 aliphatic rings. The molecular weight excluding hydrogens is 566 g/mol. The second kappa shape index (κ2) is 26.4. The Morgan fingerprint density at radius 1 is 0.614 bits per heavy atom. The molecule has 0 radical (unpaired) electrons. The Morgan fingerprint density at radius 3 is 1.45 bits per heavy atom. The van der Waals surface area contributed by atoms with E-state index in [0.717, 1.165) is 12.8 Å². The van der Waals surface area contributed by atoms with E-state index in [1.54, 1.807) is 0 Å². The molecule has 12 heteroatoms. The average molecular weight is 628 g/mol. The van der Waals surface area contributed by atoms with E-state index in [4.69, 9.17) is 4.74 Å². The van der Waals surface area contributed by atoms with Gasteiger partial charge in [0.15, 0.2) is 11.4 Å². The quantitative estimate of drug-likeness (QED) is 0.0596. The largest absolute Gasteiger partial charge is 0.870 e. The van der Waals surface area contributed by atoms with Gasteiger partial charge >= 0.3 is 0 Å². The lowest BCUT2D eigenvalue weighted by atomic mass is 10.1. The van der Waals surface area contributed by atoms with Crippen molar-refractivity contribution in [1.82, 2.24) is 16.3 Å². The van der Waals surface area contributed by atoms with Crippen molar-refractivity contribution in [2.45, 2.75) is 131 Å². The first-order valence-corrected chi connectivity index (χ1v) is 16.5. The third kappa shape index (κ3) is 18.6. The van der Waals surface area contributed by atoms with Crippen molar-refractivity contribution in [1.29, 1.82) is 0 Å². The predicted molar refractivity (Wildman–Crippen MR) is 175 cm³/mol. The topological polar surface area (TPSA) is 173 Å². The summed E-state index contributed by atoms with van der Waals surface area (Å²) in [7, 11) is 0. The van der Waals surface area contributed by atoms with Crippen molar-refractivity contribution >= 4 is 23.4 Å².